The molecule has 0 spiro atoms. The van der Waals surface area contributed by atoms with Crippen molar-refractivity contribution in [3.8, 4) is 0 Å². The van der Waals surface area contributed by atoms with E-state index in [1.165, 1.54) is 50.5 Å². The molecule has 0 N–H and O–H groups in total. The molecule has 1 aliphatic carbocycles. The summed E-state index contributed by atoms with van der Waals surface area (Å²) in [6.45, 7) is 0. The highest BCUT2D eigenvalue weighted by Crippen LogP contribution is 2.21. The van der Waals surface area contributed by atoms with E-state index in [1.807, 2.05) is 0 Å². The number of allylic oxidation sites excluding steroid dienone is 1. The van der Waals surface area contributed by atoms with E-state index in [2.05, 4.69) is 0 Å². The van der Waals surface area contributed by atoms with Crippen LogP contribution in [-0.4, -0.2) is 0 Å². The molecule has 0 saturated heterocycles. The highest BCUT2D eigenvalue weighted by molar-refractivity contribution is 6.25. The van der Waals surface area contributed by atoms with Crippen molar-refractivity contribution in [2.45, 2.75) is 44.9 Å². The molecule has 58 valence electrons. The molecule has 0 atom stereocenters. The summed E-state index contributed by atoms with van der Waals surface area (Å²) >= 11 is 5.64. The van der Waals surface area contributed by atoms with Crippen LogP contribution in [0, 0.1) is 0 Å². The lowest BCUT2D eigenvalue weighted by Gasteiger charge is -2.09. The van der Waals surface area contributed by atoms with Crippen LogP contribution < -0.4 is 0 Å². The molecular weight excluding hydrogens is 144 g/mol. The Hall–Kier alpha value is 0.0300. The van der Waals surface area contributed by atoms with Crippen molar-refractivity contribution in [1.82, 2.24) is 0 Å². The number of hydrogen-bond acceptors (Lipinski definition) is 0. The molecule has 1 fully saturated rings. The van der Waals surface area contributed by atoms with Gasteiger partial charge in [-0.05, 0) is 25.7 Å². The lowest BCUT2D eigenvalue weighted by Crippen LogP contribution is -1.90. The fraction of sp³-hybridized carbons (Fsp3) is 0.778. The van der Waals surface area contributed by atoms with Gasteiger partial charge >= 0.3 is 0 Å². The average Bonchev–Trinajstić information content (AvgIpc) is 1.87. The quantitative estimate of drug-likeness (QED) is 0.503. The van der Waals surface area contributed by atoms with Gasteiger partial charge in [0, 0.05) is 5.54 Å². The van der Waals surface area contributed by atoms with E-state index in [0.717, 1.165) is 0 Å². The molecule has 1 rings (SSSR count). The highest BCUT2D eigenvalue weighted by Gasteiger charge is 2.01. The van der Waals surface area contributed by atoms with Gasteiger partial charge in [-0.1, -0.05) is 36.4 Å². The van der Waals surface area contributed by atoms with Gasteiger partial charge in [0.05, 0.1) is 0 Å². The van der Waals surface area contributed by atoms with Gasteiger partial charge in [0.2, 0.25) is 0 Å². The van der Waals surface area contributed by atoms with Crippen LogP contribution in [0.4, 0.5) is 0 Å². The second-order valence-corrected chi connectivity index (χ2v) is 3.25. The van der Waals surface area contributed by atoms with Crippen LogP contribution in [0.5, 0.6) is 0 Å². The zero-order valence-electron chi connectivity index (χ0n) is 6.41. The third-order valence-corrected chi connectivity index (χ3v) is 2.46. The molecule has 0 bridgehead atoms. The molecule has 1 heteroatoms. The van der Waals surface area contributed by atoms with Gasteiger partial charge < -0.3 is 0 Å². The van der Waals surface area contributed by atoms with Gasteiger partial charge in [-0.15, -0.1) is 0 Å². The molecule has 0 radical (unpaired) electrons. The van der Waals surface area contributed by atoms with Crippen molar-refractivity contribution >= 4 is 11.6 Å². The summed E-state index contributed by atoms with van der Waals surface area (Å²) in [5, 5.41) is 0. The van der Waals surface area contributed by atoms with Crippen molar-refractivity contribution in [2.24, 2.45) is 0 Å². The second-order valence-electron chi connectivity index (χ2n) is 3.04. The zero-order valence-corrected chi connectivity index (χ0v) is 7.16. The van der Waals surface area contributed by atoms with Crippen LogP contribution in [0.25, 0.3) is 0 Å². The van der Waals surface area contributed by atoms with E-state index in [-0.39, 0.29) is 0 Å². The topological polar surface area (TPSA) is 0 Å². The maximum atomic E-state index is 5.64. The molecule has 1 aliphatic rings. The maximum absolute atomic E-state index is 5.64. The monoisotopic (exact) mass is 158 g/mol. The number of halogens is 1. The van der Waals surface area contributed by atoms with Gasteiger partial charge in [0.15, 0.2) is 0 Å². The van der Waals surface area contributed by atoms with Crippen molar-refractivity contribution < 1.29 is 0 Å². The first-order valence-electron chi connectivity index (χ1n) is 4.21. The standard InChI is InChI=1S/C9H15Cl/c10-8-9-6-4-2-1-3-5-7-9/h8H,1-7H2. The molecule has 0 aromatic heterocycles. The Bertz CT molecular complexity index is 106. The minimum Gasteiger partial charge on any atom is -0.0930 e. The van der Waals surface area contributed by atoms with Crippen LogP contribution in [0.2, 0.25) is 0 Å². The number of rotatable bonds is 0. The Morgan fingerprint density at radius 1 is 0.900 bits per heavy atom. The summed E-state index contributed by atoms with van der Waals surface area (Å²) in [6.07, 6.45) is 9.39. The molecule has 0 heterocycles. The molecule has 0 unspecified atom stereocenters. The van der Waals surface area contributed by atoms with Gasteiger partial charge in [-0.3, -0.25) is 0 Å². The Morgan fingerprint density at radius 2 is 1.40 bits per heavy atom. The van der Waals surface area contributed by atoms with E-state index in [9.17, 15) is 0 Å². The maximum Gasteiger partial charge on any atom is 0.00344 e. The minimum absolute atomic E-state index is 1.24. The van der Waals surface area contributed by atoms with E-state index >= 15 is 0 Å². The SMILES string of the molecule is ClC=C1CCCCCCC1. The van der Waals surface area contributed by atoms with Crippen molar-refractivity contribution in [1.29, 1.82) is 0 Å². The van der Waals surface area contributed by atoms with Gasteiger partial charge in [-0.25, -0.2) is 0 Å². The van der Waals surface area contributed by atoms with E-state index in [4.69, 9.17) is 11.6 Å². The largest absolute Gasteiger partial charge is 0.0930 e. The van der Waals surface area contributed by atoms with Crippen molar-refractivity contribution in [3.63, 3.8) is 0 Å². The predicted molar refractivity (Wildman–Crippen MR) is 46.3 cm³/mol. The predicted octanol–water partition coefficient (Wildman–Crippen LogP) is 3.85. The Morgan fingerprint density at radius 3 is 1.90 bits per heavy atom. The third-order valence-electron chi connectivity index (χ3n) is 2.15. The first-order valence-corrected chi connectivity index (χ1v) is 4.65. The molecule has 0 nitrogen and oxygen atoms in total. The Balaban J connectivity index is 2.30. The van der Waals surface area contributed by atoms with Crippen LogP contribution in [0.3, 0.4) is 0 Å². The van der Waals surface area contributed by atoms with E-state index in [1.54, 1.807) is 5.54 Å². The van der Waals surface area contributed by atoms with Crippen molar-refractivity contribution in [2.75, 3.05) is 0 Å². The summed E-state index contributed by atoms with van der Waals surface area (Å²) in [4.78, 5) is 0. The molecule has 0 aromatic carbocycles. The van der Waals surface area contributed by atoms with Crippen LogP contribution in [0.1, 0.15) is 44.9 Å². The van der Waals surface area contributed by atoms with Gasteiger partial charge in [0.25, 0.3) is 0 Å². The fourth-order valence-electron chi connectivity index (χ4n) is 1.47. The summed E-state index contributed by atoms with van der Waals surface area (Å²) in [7, 11) is 0. The normalized spacial score (nSPS) is 21.5. The summed E-state index contributed by atoms with van der Waals surface area (Å²) in [5.41, 5.74) is 3.24. The molecular formula is C9H15Cl. The first kappa shape index (κ1) is 8.13. The average molecular weight is 159 g/mol. The zero-order chi connectivity index (χ0) is 7.23. The third kappa shape index (κ3) is 2.74. The molecule has 1 saturated carbocycles. The Labute approximate surface area is 68.3 Å². The van der Waals surface area contributed by atoms with E-state index in [0.29, 0.717) is 0 Å². The first-order chi connectivity index (χ1) is 4.93. The van der Waals surface area contributed by atoms with Crippen LogP contribution >= 0.6 is 11.6 Å². The van der Waals surface area contributed by atoms with Gasteiger partial charge in [-0.2, -0.15) is 0 Å². The highest BCUT2D eigenvalue weighted by atomic mass is 35.5. The lowest BCUT2D eigenvalue weighted by atomic mass is 9.97. The molecule has 0 amide bonds. The second kappa shape index (κ2) is 4.79. The summed E-state index contributed by atoms with van der Waals surface area (Å²) < 4.78 is 0. The Kier molecular flexibility index (Phi) is 3.89. The van der Waals surface area contributed by atoms with Crippen LogP contribution in [-0.2, 0) is 0 Å². The lowest BCUT2D eigenvalue weighted by molar-refractivity contribution is 0.569. The molecule has 10 heavy (non-hydrogen) atoms. The summed E-state index contributed by atoms with van der Waals surface area (Å²) in [6, 6.07) is 0. The molecule has 0 aromatic rings. The van der Waals surface area contributed by atoms with Gasteiger partial charge in [0.1, 0.15) is 0 Å². The smallest absolute Gasteiger partial charge is 0.00344 e. The summed E-state index contributed by atoms with van der Waals surface area (Å²) in [5.74, 6) is 0. The van der Waals surface area contributed by atoms with Crippen LogP contribution in [0.15, 0.2) is 11.1 Å². The fourth-order valence-corrected chi connectivity index (χ4v) is 1.69. The number of hydrogen-bond donors (Lipinski definition) is 0. The minimum atomic E-state index is 1.24. The van der Waals surface area contributed by atoms with E-state index < -0.39 is 0 Å². The van der Waals surface area contributed by atoms with Crippen molar-refractivity contribution in [3.05, 3.63) is 11.1 Å². The molecule has 0 aliphatic heterocycles.